The molecule has 4 nitrogen and oxygen atoms in total. The van der Waals surface area contributed by atoms with Crippen LogP contribution in [0.5, 0.6) is 0 Å². The van der Waals surface area contributed by atoms with Crippen LogP contribution in [0.2, 0.25) is 0 Å². The molecule has 0 aliphatic carbocycles. The summed E-state index contributed by atoms with van der Waals surface area (Å²) >= 11 is 0. The van der Waals surface area contributed by atoms with Crippen molar-refractivity contribution in [2.45, 2.75) is 32.4 Å². The molecule has 0 aliphatic heterocycles. The zero-order chi connectivity index (χ0) is 15.0. The van der Waals surface area contributed by atoms with Crippen LogP contribution >= 0.6 is 0 Å². The van der Waals surface area contributed by atoms with E-state index in [0.29, 0.717) is 12.1 Å². The van der Waals surface area contributed by atoms with Gasteiger partial charge in [0.05, 0.1) is 0 Å². The monoisotopic (exact) mass is 276 g/mol. The van der Waals surface area contributed by atoms with Crippen LogP contribution < -0.4 is 10.6 Å². The smallest absolute Gasteiger partial charge is 0.191 e. The average Bonchev–Trinajstić information content (AvgIpc) is 2.42. The number of guanidine groups is 1. The van der Waals surface area contributed by atoms with Crippen molar-refractivity contribution in [1.29, 1.82) is 0 Å². The number of benzene rings is 1. The van der Waals surface area contributed by atoms with Crippen molar-refractivity contribution in [3.63, 3.8) is 0 Å². The number of nitrogens with one attached hydrogen (secondary N) is 2. The minimum atomic E-state index is 0.383. The molecule has 2 N–H and O–H groups in total. The lowest BCUT2D eigenvalue weighted by atomic mass is 10.1. The maximum atomic E-state index is 4.24. The molecule has 1 unspecified atom stereocenters. The first kappa shape index (κ1) is 16.5. The summed E-state index contributed by atoms with van der Waals surface area (Å²) in [4.78, 5) is 6.50. The van der Waals surface area contributed by atoms with E-state index in [0.717, 1.165) is 18.9 Å². The van der Waals surface area contributed by atoms with E-state index >= 15 is 0 Å². The first-order chi connectivity index (χ1) is 9.52. The zero-order valence-electron chi connectivity index (χ0n) is 13.4. The van der Waals surface area contributed by atoms with Gasteiger partial charge in [0.25, 0.3) is 0 Å². The van der Waals surface area contributed by atoms with Gasteiger partial charge in [-0.2, -0.15) is 0 Å². The van der Waals surface area contributed by atoms with Gasteiger partial charge in [-0.1, -0.05) is 30.3 Å². The molecular formula is C16H28N4. The number of nitrogens with zero attached hydrogens (tertiary/aromatic N) is 2. The lowest BCUT2D eigenvalue weighted by molar-refractivity contribution is 0.290. The van der Waals surface area contributed by atoms with Crippen LogP contribution in [0.15, 0.2) is 35.3 Å². The highest BCUT2D eigenvalue weighted by atomic mass is 15.2. The second-order valence-electron chi connectivity index (χ2n) is 5.56. The second-order valence-corrected chi connectivity index (χ2v) is 5.56. The van der Waals surface area contributed by atoms with Crippen molar-refractivity contribution in [2.24, 2.45) is 4.99 Å². The summed E-state index contributed by atoms with van der Waals surface area (Å²) in [6.45, 7) is 5.09. The molecule has 0 heterocycles. The van der Waals surface area contributed by atoms with Crippen molar-refractivity contribution in [3.05, 3.63) is 35.9 Å². The maximum absolute atomic E-state index is 4.24. The summed E-state index contributed by atoms with van der Waals surface area (Å²) in [5.74, 6) is 0.861. The molecule has 0 amide bonds. The van der Waals surface area contributed by atoms with E-state index in [1.807, 2.05) is 0 Å². The Morgan fingerprint density at radius 3 is 2.35 bits per heavy atom. The second kappa shape index (κ2) is 8.59. The number of likely N-dealkylation sites (N-methyl/N-ethyl adjacent to an activating group) is 1. The molecule has 0 saturated carbocycles. The van der Waals surface area contributed by atoms with Gasteiger partial charge in [0.2, 0.25) is 0 Å². The SMILES string of the molecule is CN=C(NCC(Cc1ccccc1)N(C)C)NC(C)C. The maximum Gasteiger partial charge on any atom is 0.191 e. The molecule has 1 aromatic carbocycles. The van der Waals surface area contributed by atoms with Gasteiger partial charge in [0.1, 0.15) is 0 Å². The molecule has 112 valence electrons. The topological polar surface area (TPSA) is 39.7 Å². The highest BCUT2D eigenvalue weighted by molar-refractivity contribution is 5.79. The van der Waals surface area contributed by atoms with Crippen LogP contribution in [0.3, 0.4) is 0 Å². The van der Waals surface area contributed by atoms with Crippen LogP contribution in [0.1, 0.15) is 19.4 Å². The third-order valence-electron chi connectivity index (χ3n) is 3.20. The standard InChI is InChI=1S/C16H28N4/c1-13(2)19-16(17-3)18-12-15(20(4)5)11-14-9-7-6-8-10-14/h6-10,13,15H,11-12H2,1-5H3,(H2,17,18,19). The Balaban J connectivity index is 2.55. The zero-order valence-corrected chi connectivity index (χ0v) is 13.4. The van der Waals surface area contributed by atoms with Gasteiger partial charge in [0, 0.05) is 25.7 Å². The largest absolute Gasteiger partial charge is 0.355 e. The van der Waals surface area contributed by atoms with Crippen molar-refractivity contribution in [1.82, 2.24) is 15.5 Å². The average molecular weight is 276 g/mol. The van der Waals surface area contributed by atoms with Crippen LogP contribution in [0.25, 0.3) is 0 Å². The Kier molecular flexibility index (Phi) is 7.09. The highest BCUT2D eigenvalue weighted by Gasteiger charge is 2.13. The molecular weight excluding hydrogens is 248 g/mol. The van der Waals surface area contributed by atoms with Gasteiger partial charge < -0.3 is 15.5 Å². The van der Waals surface area contributed by atoms with E-state index in [2.05, 4.69) is 78.8 Å². The molecule has 1 atom stereocenters. The fraction of sp³-hybridized carbons (Fsp3) is 0.562. The van der Waals surface area contributed by atoms with E-state index in [4.69, 9.17) is 0 Å². The molecule has 20 heavy (non-hydrogen) atoms. The Labute approximate surface area is 123 Å². The van der Waals surface area contributed by atoms with Crippen LogP contribution in [0.4, 0.5) is 0 Å². The van der Waals surface area contributed by atoms with Crippen LogP contribution in [-0.2, 0) is 6.42 Å². The molecule has 0 spiro atoms. The van der Waals surface area contributed by atoms with Crippen molar-refractivity contribution >= 4 is 5.96 Å². The first-order valence-corrected chi connectivity index (χ1v) is 7.20. The molecule has 0 bridgehead atoms. The Bertz CT molecular complexity index is 398. The van der Waals surface area contributed by atoms with Gasteiger partial charge in [-0.3, -0.25) is 4.99 Å². The molecule has 1 rings (SSSR count). The predicted octanol–water partition coefficient (Wildman–Crippen LogP) is 1.73. The first-order valence-electron chi connectivity index (χ1n) is 7.20. The third kappa shape index (κ3) is 6.06. The molecule has 0 fully saturated rings. The Morgan fingerprint density at radius 2 is 1.85 bits per heavy atom. The molecule has 0 aliphatic rings. The lowest BCUT2D eigenvalue weighted by Crippen LogP contribution is -2.47. The fourth-order valence-corrected chi connectivity index (χ4v) is 2.01. The summed E-state index contributed by atoms with van der Waals surface area (Å²) in [6, 6.07) is 11.4. The van der Waals surface area contributed by atoms with Crippen molar-refractivity contribution in [2.75, 3.05) is 27.7 Å². The van der Waals surface area contributed by atoms with E-state index in [1.54, 1.807) is 7.05 Å². The fourth-order valence-electron chi connectivity index (χ4n) is 2.01. The van der Waals surface area contributed by atoms with Gasteiger partial charge in [-0.25, -0.2) is 0 Å². The van der Waals surface area contributed by atoms with E-state index in [-0.39, 0.29) is 0 Å². The minimum absolute atomic E-state index is 0.383. The Morgan fingerprint density at radius 1 is 1.20 bits per heavy atom. The summed E-state index contributed by atoms with van der Waals surface area (Å²) in [7, 11) is 6.04. The van der Waals surface area contributed by atoms with Crippen molar-refractivity contribution < 1.29 is 0 Å². The molecule has 0 saturated heterocycles. The normalized spacial score (nSPS) is 13.7. The van der Waals surface area contributed by atoms with Crippen LogP contribution in [0, 0.1) is 0 Å². The number of hydrogen-bond acceptors (Lipinski definition) is 2. The summed E-state index contributed by atoms with van der Waals surface area (Å²) in [6.07, 6.45) is 1.03. The summed E-state index contributed by atoms with van der Waals surface area (Å²) in [5, 5.41) is 6.71. The van der Waals surface area contributed by atoms with E-state index < -0.39 is 0 Å². The van der Waals surface area contributed by atoms with Crippen molar-refractivity contribution in [3.8, 4) is 0 Å². The minimum Gasteiger partial charge on any atom is -0.355 e. The quantitative estimate of drug-likeness (QED) is 0.614. The lowest BCUT2D eigenvalue weighted by Gasteiger charge is -2.26. The number of aliphatic imine (C=N–C) groups is 1. The van der Waals surface area contributed by atoms with Gasteiger partial charge in [-0.15, -0.1) is 0 Å². The predicted molar refractivity (Wildman–Crippen MR) is 87.3 cm³/mol. The summed E-state index contributed by atoms with van der Waals surface area (Å²) in [5.41, 5.74) is 1.36. The molecule has 4 heteroatoms. The molecule has 1 aromatic rings. The highest BCUT2D eigenvalue weighted by Crippen LogP contribution is 2.06. The number of hydrogen-bond donors (Lipinski definition) is 2. The third-order valence-corrected chi connectivity index (χ3v) is 3.20. The van der Waals surface area contributed by atoms with E-state index in [9.17, 15) is 0 Å². The molecule has 0 aromatic heterocycles. The van der Waals surface area contributed by atoms with Gasteiger partial charge in [-0.05, 0) is 39.9 Å². The molecule has 0 radical (unpaired) electrons. The number of rotatable bonds is 6. The van der Waals surface area contributed by atoms with E-state index in [1.165, 1.54) is 5.56 Å². The van der Waals surface area contributed by atoms with Gasteiger partial charge >= 0.3 is 0 Å². The van der Waals surface area contributed by atoms with Crippen LogP contribution in [-0.4, -0.2) is 50.6 Å². The Hall–Kier alpha value is -1.55. The summed E-state index contributed by atoms with van der Waals surface area (Å²) < 4.78 is 0. The van der Waals surface area contributed by atoms with Gasteiger partial charge in [0.15, 0.2) is 5.96 Å².